The highest BCUT2D eigenvalue weighted by Gasteiger charge is 2.47. The molecule has 6 aromatic rings. The van der Waals surface area contributed by atoms with E-state index >= 15 is 0 Å². The molecule has 0 saturated carbocycles. The first-order chi connectivity index (χ1) is 33.7. The van der Waals surface area contributed by atoms with Gasteiger partial charge >= 0.3 is 49.4 Å². The van der Waals surface area contributed by atoms with Gasteiger partial charge in [0.2, 0.25) is 0 Å². The predicted octanol–water partition coefficient (Wildman–Crippen LogP) is 14.6. The van der Waals surface area contributed by atoms with Crippen LogP contribution in [-0.2, 0) is 62.4 Å². The molecule has 400 valence electrons. The van der Waals surface area contributed by atoms with E-state index in [4.69, 9.17) is 0 Å². The molecule has 26 heteroatoms. The maximum Gasteiger partial charge on any atom is 0.416 e. The highest BCUT2D eigenvalue weighted by Crippen LogP contribution is 2.41. The molecule has 0 aliphatic rings. The van der Waals surface area contributed by atoms with Gasteiger partial charge in [-0.25, -0.2) is 0 Å². The Morgan fingerprint density at radius 3 is 0.838 bits per heavy atom. The molecule has 1 heterocycles. The Kier molecular flexibility index (Phi) is 16.4. The van der Waals surface area contributed by atoms with Gasteiger partial charge in [0.1, 0.15) is 6.15 Å². The molecular weight excluding hydrogens is 1060 g/mol. The number of benzene rings is 5. The number of hydrogen-bond acceptors (Lipinski definition) is 0. The monoisotopic (exact) mass is 1090 g/mol. The third-order valence-electron chi connectivity index (χ3n) is 11.5. The average molecular weight is 1090 g/mol. The van der Waals surface area contributed by atoms with E-state index in [1.807, 2.05) is 0 Å². The van der Waals surface area contributed by atoms with Crippen LogP contribution in [0.25, 0.3) is 0 Å². The van der Waals surface area contributed by atoms with Crippen LogP contribution in [0.5, 0.6) is 0 Å². The average Bonchev–Trinajstić information content (AvgIpc) is 3.27. The lowest BCUT2D eigenvalue weighted by Crippen LogP contribution is -2.75. The molecule has 0 bridgehead atoms. The number of aryl methyl sites for hydroxylation is 1. The van der Waals surface area contributed by atoms with Crippen molar-refractivity contribution < 1.29 is 110 Å². The number of aromatic nitrogens is 1. The Balaban J connectivity index is 0.000000500. The van der Waals surface area contributed by atoms with Crippen molar-refractivity contribution in [3.63, 3.8) is 0 Å². The maximum absolute atomic E-state index is 14.2. The quantitative estimate of drug-likeness (QED) is 0.0772. The first-order valence-electron chi connectivity index (χ1n) is 21.0. The van der Waals surface area contributed by atoms with E-state index < -0.39 is 195 Å². The fourth-order valence-electron chi connectivity index (χ4n) is 8.10. The molecule has 0 atom stereocenters. The lowest BCUT2D eigenvalue weighted by Gasteiger charge is -2.46. The van der Waals surface area contributed by atoms with Gasteiger partial charge in [-0.15, -0.1) is 0 Å². The van der Waals surface area contributed by atoms with Crippen LogP contribution in [-0.4, -0.2) is 6.15 Å². The van der Waals surface area contributed by atoms with Gasteiger partial charge in [-0.1, -0.05) is 98.3 Å². The Hall–Kier alpha value is -6.37. The second-order valence-electron chi connectivity index (χ2n) is 16.6. The van der Waals surface area contributed by atoms with Crippen molar-refractivity contribution in [3.05, 3.63) is 183 Å². The molecule has 0 N–H and O–H groups in total. The van der Waals surface area contributed by atoms with E-state index in [0.717, 1.165) is 6.54 Å². The summed E-state index contributed by atoms with van der Waals surface area (Å²) in [5.74, 6) is 0. The van der Waals surface area contributed by atoms with E-state index in [1.165, 1.54) is 30.5 Å². The zero-order valence-electron chi connectivity index (χ0n) is 37.0. The standard InChI is InChI=1S/C32H12BF24.C16H20N/c34-25(35,36)13-1-14(26(37,38)39)6-21(5-13)33(22-7-15(27(40,41)42)2-16(8-22)28(43,44)45,23-9-17(29(46,47)48)3-18(10-23)30(49,50)51)24-11-19(31(52,53)54)4-20(12-24)32(55,56)57;1-2-3-11-16-12-7-8-13-17(16)14-15-9-5-4-6-10-15/h1-12H;4-10,12-13H,2-3,11,14H2,1H3/q-1;+1. The van der Waals surface area contributed by atoms with Gasteiger partial charge in [0.05, 0.1) is 44.5 Å². The number of pyridine rings is 1. The molecule has 0 unspecified atom stereocenters. The molecule has 5 aromatic carbocycles. The molecule has 0 aliphatic heterocycles. The second kappa shape index (κ2) is 20.7. The Morgan fingerprint density at radius 1 is 0.338 bits per heavy atom. The number of alkyl halides is 24. The van der Waals surface area contributed by atoms with Gasteiger partial charge in [0.25, 0.3) is 0 Å². The molecule has 0 radical (unpaired) electrons. The van der Waals surface area contributed by atoms with Gasteiger partial charge in [-0.3, -0.25) is 0 Å². The minimum Gasteiger partial charge on any atom is -0.198 e. The molecule has 0 fully saturated rings. The van der Waals surface area contributed by atoms with E-state index in [-0.39, 0.29) is 0 Å². The van der Waals surface area contributed by atoms with Gasteiger partial charge in [0, 0.05) is 24.1 Å². The summed E-state index contributed by atoms with van der Waals surface area (Å²) >= 11 is 0. The SMILES string of the molecule is CCCCc1cccc[n+]1Cc1ccccc1.FC(F)(F)c1cc([B-](c2cc(C(F)(F)F)cc(C(F)(F)F)c2)(c2cc(C(F)(F)F)cc(C(F)(F)F)c2)c2cc(C(F)(F)F)cc(C(F)(F)F)c2)cc(C(F)(F)F)c1. The molecule has 0 spiro atoms. The van der Waals surface area contributed by atoms with Crippen molar-refractivity contribution >= 4 is 28.0 Å². The number of unbranched alkanes of at least 4 members (excludes halogenated alkanes) is 1. The fourth-order valence-corrected chi connectivity index (χ4v) is 8.10. The summed E-state index contributed by atoms with van der Waals surface area (Å²) in [6, 6.07) is 8.30. The van der Waals surface area contributed by atoms with E-state index in [9.17, 15) is 105 Å². The van der Waals surface area contributed by atoms with Crippen LogP contribution in [0.3, 0.4) is 0 Å². The van der Waals surface area contributed by atoms with Gasteiger partial charge in [-0.2, -0.15) is 132 Å². The number of rotatable bonds is 9. The summed E-state index contributed by atoms with van der Waals surface area (Å²) in [5, 5.41) is 0. The van der Waals surface area contributed by atoms with Crippen LogP contribution >= 0.6 is 0 Å². The molecule has 74 heavy (non-hydrogen) atoms. The topological polar surface area (TPSA) is 3.88 Å². The van der Waals surface area contributed by atoms with Crippen LogP contribution in [0.15, 0.2) is 128 Å². The van der Waals surface area contributed by atoms with E-state index in [2.05, 4.69) is 66.2 Å². The Morgan fingerprint density at radius 2 is 0.595 bits per heavy atom. The third kappa shape index (κ3) is 13.9. The number of hydrogen-bond donors (Lipinski definition) is 0. The summed E-state index contributed by atoms with van der Waals surface area (Å²) < 4.78 is 343. The first kappa shape index (κ1) is 58.5. The minimum absolute atomic E-state index is 0.691. The van der Waals surface area contributed by atoms with Crippen molar-refractivity contribution in [1.29, 1.82) is 0 Å². The summed E-state index contributed by atoms with van der Waals surface area (Å²) in [6.07, 6.45) is -48.9. The maximum atomic E-state index is 14.2. The molecule has 1 aromatic heterocycles. The van der Waals surface area contributed by atoms with Crippen molar-refractivity contribution in [3.8, 4) is 0 Å². The van der Waals surface area contributed by atoms with Crippen LogP contribution in [0.2, 0.25) is 0 Å². The van der Waals surface area contributed by atoms with Gasteiger partial charge in [-0.05, 0) is 30.7 Å². The highest BCUT2D eigenvalue weighted by molar-refractivity contribution is 7.20. The smallest absolute Gasteiger partial charge is 0.198 e. The normalized spacial score (nSPS) is 13.4. The Labute approximate surface area is 403 Å². The van der Waals surface area contributed by atoms with Crippen molar-refractivity contribution in [2.24, 2.45) is 0 Å². The molecule has 6 rings (SSSR count). The molecule has 1 nitrogen and oxygen atoms in total. The van der Waals surface area contributed by atoms with Crippen LogP contribution in [0.1, 0.15) is 75.5 Å². The van der Waals surface area contributed by atoms with Crippen LogP contribution in [0, 0.1) is 0 Å². The zero-order valence-corrected chi connectivity index (χ0v) is 37.0. The summed E-state index contributed by atoms with van der Waals surface area (Å²) in [7, 11) is 0. The molecule has 0 saturated heterocycles. The summed E-state index contributed by atoms with van der Waals surface area (Å²) in [6.45, 7) is 3.21. The molecule has 0 amide bonds. The van der Waals surface area contributed by atoms with Gasteiger partial charge < -0.3 is 0 Å². The summed E-state index contributed by atoms with van der Waals surface area (Å²) in [4.78, 5) is 0. The molecule has 0 aliphatic carbocycles. The van der Waals surface area contributed by atoms with Crippen molar-refractivity contribution in [1.82, 2.24) is 0 Å². The van der Waals surface area contributed by atoms with Crippen molar-refractivity contribution in [2.75, 3.05) is 0 Å². The largest absolute Gasteiger partial charge is 0.416 e. The highest BCUT2D eigenvalue weighted by atomic mass is 19.4. The predicted molar refractivity (Wildman–Crippen MR) is 221 cm³/mol. The van der Waals surface area contributed by atoms with E-state index in [0.29, 0.717) is 0 Å². The van der Waals surface area contributed by atoms with Gasteiger partial charge in [0.15, 0.2) is 18.4 Å². The lowest BCUT2D eigenvalue weighted by atomic mass is 9.12. The van der Waals surface area contributed by atoms with E-state index in [1.54, 1.807) is 0 Å². The van der Waals surface area contributed by atoms with Crippen LogP contribution < -0.4 is 26.4 Å². The second-order valence-corrected chi connectivity index (χ2v) is 16.6. The van der Waals surface area contributed by atoms with Crippen molar-refractivity contribution in [2.45, 2.75) is 82.1 Å². The number of nitrogens with zero attached hydrogens (tertiary/aromatic N) is 1. The number of halogens is 24. The molecular formula is C48H32BF24N. The lowest BCUT2D eigenvalue weighted by molar-refractivity contribution is -0.695. The minimum atomic E-state index is -6.13. The Bertz CT molecular complexity index is 2460. The first-order valence-corrected chi connectivity index (χ1v) is 21.0. The zero-order chi connectivity index (χ0) is 55.8. The van der Waals surface area contributed by atoms with Crippen LogP contribution in [0.4, 0.5) is 105 Å². The summed E-state index contributed by atoms with van der Waals surface area (Å²) in [5.41, 5.74) is -27.4. The third-order valence-corrected chi connectivity index (χ3v) is 11.5. The fraction of sp³-hybridized carbons (Fsp3) is 0.271.